The van der Waals surface area contributed by atoms with Crippen LogP contribution in [0.5, 0.6) is 0 Å². The maximum Gasteiger partial charge on any atom is 0.411 e. The van der Waals surface area contributed by atoms with Crippen LogP contribution in [0.15, 0.2) is 12.7 Å². The van der Waals surface area contributed by atoms with Crippen LogP contribution in [0.4, 0.5) is 4.79 Å². The fourth-order valence-electron chi connectivity index (χ4n) is 2.83. The predicted molar refractivity (Wildman–Crippen MR) is 60.6 cm³/mol. The molecule has 3 rings (SSSR count). The highest BCUT2D eigenvalue weighted by atomic mass is 16.6. The smallest absolute Gasteiger partial charge is 0.411 e. The molecule has 0 unspecified atom stereocenters. The Labute approximate surface area is 100 Å². The fraction of sp³-hybridized carbons (Fsp3) is 0.667. The average molecular weight is 239 g/mol. The summed E-state index contributed by atoms with van der Waals surface area (Å²) in [5.74, 6) is -0.487. The van der Waals surface area contributed by atoms with Gasteiger partial charge in [-0.05, 0) is 31.6 Å². The molecule has 94 valence electrons. The largest absolute Gasteiger partial charge is 0.479 e. The topological polar surface area (TPSA) is 66.8 Å². The molecular weight excluding hydrogens is 222 g/mol. The number of nitrogens with zero attached hydrogens (tertiary/aromatic N) is 1. The Morgan fingerprint density at radius 1 is 1.47 bits per heavy atom. The highest BCUT2D eigenvalue weighted by Crippen LogP contribution is 2.43. The molecule has 3 aliphatic rings. The highest BCUT2D eigenvalue weighted by Gasteiger charge is 2.54. The zero-order valence-corrected chi connectivity index (χ0v) is 9.72. The number of ether oxygens (including phenoxy) is 1. The molecule has 0 aromatic carbocycles. The van der Waals surface area contributed by atoms with Gasteiger partial charge >= 0.3 is 12.1 Å². The minimum absolute atomic E-state index is 0.121. The Bertz CT molecular complexity index is 344. The molecule has 0 aromatic rings. The van der Waals surface area contributed by atoms with E-state index in [0.29, 0.717) is 25.3 Å². The first-order valence-corrected chi connectivity index (χ1v) is 5.89. The third kappa shape index (κ3) is 1.90. The lowest BCUT2D eigenvalue weighted by atomic mass is 9.70. The lowest BCUT2D eigenvalue weighted by Crippen LogP contribution is -2.64. The van der Waals surface area contributed by atoms with Gasteiger partial charge in [0, 0.05) is 6.54 Å². The molecule has 1 aliphatic carbocycles. The van der Waals surface area contributed by atoms with Gasteiger partial charge in [0.15, 0.2) is 0 Å². The van der Waals surface area contributed by atoms with Gasteiger partial charge in [0.05, 0.1) is 0 Å². The van der Waals surface area contributed by atoms with Crippen molar-refractivity contribution in [2.45, 2.75) is 31.2 Å². The number of hydrogen-bond acceptors (Lipinski definition) is 3. The van der Waals surface area contributed by atoms with Crippen LogP contribution in [0.1, 0.15) is 25.7 Å². The van der Waals surface area contributed by atoms with Gasteiger partial charge in [-0.25, -0.2) is 9.59 Å². The number of carbonyl (C=O) groups excluding carboxylic acids is 1. The summed E-state index contributed by atoms with van der Waals surface area (Å²) in [5, 5.41) is 9.39. The Balaban J connectivity index is 2.17. The summed E-state index contributed by atoms with van der Waals surface area (Å²) in [7, 11) is 0. The van der Waals surface area contributed by atoms with Gasteiger partial charge in [0.1, 0.15) is 12.1 Å². The molecule has 3 fully saturated rings. The maximum atomic E-state index is 11.8. The molecule has 0 atom stereocenters. The first-order chi connectivity index (χ1) is 8.10. The molecule has 1 saturated carbocycles. The summed E-state index contributed by atoms with van der Waals surface area (Å²) in [6.45, 7) is 4.09. The lowest BCUT2D eigenvalue weighted by Gasteiger charge is -2.50. The summed E-state index contributed by atoms with van der Waals surface area (Å²) in [4.78, 5) is 24.7. The number of carbonyl (C=O) groups is 2. The molecule has 1 N–H and O–H groups in total. The Morgan fingerprint density at radius 2 is 2.12 bits per heavy atom. The summed E-state index contributed by atoms with van der Waals surface area (Å²) in [6.07, 6.45) is 3.80. The molecule has 5 heteroatoms. The third-order valence-electron chi connectivity index (χ3n) is 3.83. The van der Waals surface area contributed by atoms with Crippen LogP contribution in [0.2, 0.25) is 0 Å². The molecular formula is C12H17NO4. The van der Waals surface area contributed by atoms with E-state index in [2.05, 4.69) is 6.58 Å². The Morgan fingerprint density at radius 3 is 2.65 bits per heavy atom. The lowest BCUT2D eigenvalue weighted by molar-refractivity contribution is -0.159. The fourth-order valence-corrected chi connectivity index (χ4v) is 2.83. The van der Waals surface area contributed by atoms with Gasteiger partial charge in [-0.3, -0.25) is 4.90 Å². The minimum atomic E-state index is -1.03. The van der Waals surface area contributed by atoms with Crippen LogP contribution in [0.3, 0.4) is 0 Å². The molecule has 1 amide bonds. The van der Waals surface area contributed by atoms with Crippen molar-refractivity contribution in [1.29, 1.82) is 0 Å². The summed E-state index contributed by atoms with van der Waals surface area (Å²) in [5.41, 5.74) is -1.03. The summed E-state index contributed by atoms with van der Waals surface area (Å²) >= 11 is 0. The van der Waals surface area contributed by atoms with E-state index in [9.17, 15) is 14.7 Å². The maximum absolute atomic E-state index is 11.8. The standard InChI is InChI=1S/C12H17NO4/c1-2-7-17-11(16)13-8-9-3-5-12(13,6-4-9)10(14)15/h2,9H,1,3-8H2,(H,14,15). The molecule has 0 spiro atoms. The van der Waals surface area contributed by atoms with E-state index in [1.807, 2.05) is 0 Å². The first-order valence-electron chi connectivity index (χ1n) is 5.89. The van der Waals surface area contributed by atoms with Gasteiger partial charge in [0.25, 0.3) is 0 Å². The second-order valence-electron chi connectivity index (χ2n) is 4.76. The number of amides is 1. The van der Waals surface area contributed by atoms with Gasteiger partial charge < -0.3 is 9.84 Å². The molecule has 17 heavy (non-hydrogen) atoms. The van der Waals surface area contributed by atoms with E-state index in [0.717, 1.165) is 12.8 Å². The zero-order chi connectivity index (χ0) is 12.5. The first kappa shape index (κ1) is 12.0. The van der Waals surface area contributed by atoms with Gasteiger partial charge in [0.2, 0.25) is 0 Å². The van der Waals surface area contributed by atoms with Crippen molar-refractivity contribution < 1.29 is 19.4 Å². The van der Waals surface area contributed by atoms with E-state index in [4.69, 9.17) is 4.74 Å². The molecule has 2 bridgehead atoms. The van der Waals surface area contributed by atoms with Crippen LogP contribution in [-0.2, 0) is 9.53 Å². The van der Waals surface area contributed by atoms with Crippen molar-refractivity contribution in [3.8, 4) is 0 Å². The average Bonchev–Trinajstić information content (AvgIpc) is 2.37. The number of aliphatic carboxylic acids is 1. The monoisotopic (exact) mass is 239 g/mol. The van der Waals surface area contributed by atoms with Gasteiger partial charge in [-0.2, -0.15) is 0 Å². The quantitative estimate of drug-likeness (QED) is 0.760. The predicted octanol–water partition coefficient (Wildman–Crippen LogP) is 1.64. The second kappa shape index (κ2) is 4.39. The van der Waals surface area contributed by atoms with Crippen molar-refractivity contribution in [2.75, 3.05) is 13.2 Å². The minimum Gasteiger partial charge on any atom is -0.479 e. The van der Waals surface area contributed by atoms with E-state index in [1.54, 1.807) is 0 Å². The van der Waals surface area contributed by atoms with Crippen molar-refractivity contribution in [2.24, 2.45) is 5.92 Å². The zero-order valence-electron chi connectivity index (χ0n) is 9.72. The van der Waals surface area contributed by atoms with Gasteiger partial charge in [-0.15, -0.1) is 0 Å². The molecule has 2 aliphatic heterocycles. The second-order valence-corrected chi connectivity index (χ2v) is 4.76. The number of fused-ring (bicyclic) bond motifs is 3. The molecule has 0 aromatic heterocycles. The number of carboxylic acid groups (broad SMARTS) is 1. The van der Waals surface area contributed by atoms with Crippen molar-refractivity contribution in [3.63, 3.8) is 0 Å². The normalized spacial score (nSPS) is 31.1. The summed E-state index contributed by atoms with van der Waals surface area (Å²) in [6, 6.07) is 0. The SMILES string of the molecule is C=CCOC(=O)N1CC2CCC1(C(=O)O)CC2. The van der Waals surface area contributed by atoms with E-state index in [-0.39, 0.29) is 6.61 Å². The Kier molecular flexibility index (Phi) is 3.09. The van der Waals surface area contributed by atoms with Crippen LogP contribution < -0.4 is 0 Å². The van der Waals surface area contributed by atoms with Crippen LogP contribution >= 0.6 is 0 Å². The third-order valence-corrected chi connectivity index (χ3v) is 3.83. The van der Waals surface area contributed by atoms with Crippen LogP contribution in [0.25, 0.3) is 0 Å². The van der Waals surface area contributed by atoms with E-state index in [1.165, 1.54) is 11.0 Å². The van der Waals surface area contributed by atoms with E-state index < -0.39 is 17.6 Å². The number of hydrogen-bond donors (Lipinski definition) is 1. The van der Waals surface area contributed by atoms with Crippen molar-refractivity contribution >= 4 is 12.1 Å². The Hall–Kier alpha value is -1.52. The molecule has 0 radical (unpaired) electrons. The molecule has 2 heterocycles. The molecule has 5 nitrogen and oxygen atoms in total. The van der Waals surface area contributed by atoms with Crippen LogP contribution in [-0.4, -0.2) is 40.8 Å². The van der Waals surface area contributed by atoms with E-state index >= 15 is 0 Å². The van der Waals surface area contributed by atoms with Crippen LogP contribution in [0, 0.1) is 5.92 Å². The van der Waals surface area contributed by atoms with Gasteiger partial charge in [-0.1, -0.05) is 12.7 Å². The molecule has 2 saturated heterocycles. The highest BCUT2D eigenvalue weighted by molar-refractivity contribution is 5.85. The number of carboxylic acids is 1. The number of piperidine rings is 2. The summed E-state index contributed by atoms with van der Waals surface area (Å²) < 4.78 is 4.96. The van der Waals surface area contributed by atoms with Crippen molar-refractivity contribution in [1.82, 2.24) is 4.90 Å². The van der Waals surface area contributed by atoms with Crippen molar-refractivity contribution in [3.05, 3.63) is 12.7 Å². The number of rotatable bonds is 3.